The Kier molecular flexibility index (Phi) is 5.60. The SMILES string of the molecule is Cc1ccc(NC(=O)C(=O)NCCS(=O)(=O)N2CCc3ccccc32)c2cccnc12. The quantitative estimate of drug-likeness (QED) is 0.592. The van der Waals surface area contributed by atoms with Crippen molar-refractivity contribution in [3.8, 4) is 0 Å². The molecule has 9 heteroatoms. The van der Waals surface area contributed by atoms with Crippen LogP contribution in [0.25, 0.3) is 10.9 Å². The number of sulfonamides is 1. The molecule has 2 aromatic carbocycles. The third kappa shape index (κ3) is 4.22. The Morgan fingerprint density at radius 3 is 2.71 bits per heavy atom. The Hall–Kier alpha value is -3.46. The lowest BCUT2D eigenvalue weighted by molar-refractivity contribution is -0.136. The lowest BCUT2D eigenvalue weighted by Gasteiger charge is -2.19. The summed E-state index contributed by atoms with van der Waals surface area (Å²) in [5.74, 6) is -2.05. The Labute approximate surface area is 180 Å². The van der Waals surface area contributed by atoms with Gasteiger partial charge < -0.3 is 10.6 Å². The second-order valence-electron chi connectivity index (χ2n) is 7.31. The molecular formula is C22H22N4O4S. The van der Waals surface area contributed by atoms with Gasteiger partial charge in [0, 0.05) is 24.7 Å². The molecule has 2 N–H and O–H groups in total. The van der Waals surface area contributed by atoms with Crippen LogP contribution < -0.4 is 14.9 Å². The first-order valence-corrected chi connectivity index (χ1v) is 11.5. The molecule has 0 unspecified atom stereocenters. The van der Waals surface area contributed by atoms with Gasteiger partial charge in [-0.05, 0) is 48.7 Å². The highest BCUT2D eigenvalue weighted by atomic mass is 32.2. The average molecular weight is 439 g/mol. The van der Waals surface area contributed by atoms with Crippen molar-refractivity contribution in [1.82, 2.24) is 10.3 Å². The number of aromatic nitrogens is 1. The number of fused-ring (bicyclic) bond motifs is 2. The number of aryl methyl sites for hydroxylation is 1. The van der Waals surface area contributed by atoms with Crippen molar-refractivity contribution >= 4 is 44.1 Å². The minimum atomic E-state index is -3.61. The zero-order chi connectivity index (χ0) is 22.0. The molecule has 8 nitrogen and oxygen atoms in total. The van der Waals surface area contributed by atoms with E-state index in [9.17, 15) is 18.0 Å². The second-order valence-corrected chi connectivity index (χ2v) is 9.32. The van der Waals surface area contributed by atoms with Crippen LogP contribution in [-0.2, 0) is 26.0 Å². The highest BCUT2D eigenvalue weighted by molar-refractivity contribution is 7.92. The summed E-state index contributed by atoms with van der Waals surface area (Å²) in [6, 6.07) is 14.4. The van der Waals surface area contributed by atoms with Crippen LogP contribution in [0.2, 0.25) is 0 Å². The monoisotopic (exact) mass is 438 g/mol. The minimum Gasteiger partial charge on any atom is -0.347 e. The van der Waals surface area contributed by atoms with Gasteiger partial charge in [0.2, 0.25) is 10.0 Å². The van der Waals surface area contributed by atoms with E-state index < -0.39 is 21.8 Å². The lowest BCUT2D eigenvalue weighted by Crippen LogP contribution is -2.40. The van der Waals surface area contributed by atoms with Gasteiger partial charge in [0.25, 0.3) is 0 Å². The number of carbonyl (C=O) groups is 2. The third-order valence-corrected chi connectivity index (χ3v) is 7.02. The topological polar surface area (TPSA) is 108 Å². The molecule has 0 radical (unpaired) electrons. The molecule has 1 aliphatic rings. The van der Waals surface area contributed by atoms with E-state index in [0.29, 0.717) is 24.3 Å². The van der Waals surface area contributed by atoms with Gasteiger partial charge in [-0.2, -0.15) is 0 Å². The van der Waals surface area contributed by atoms with Crippen molar-refractivity contribution in [3.05, 3.63) is 65.9 Å². The summed E-state index contributed by atoms with van der Waals surface area (Å²) in [7, 11) is -3.61. The fourth-order valence-corrected chi connectivity index (χ4v) is 5.11. The Morgan fingerprint density at radius 2 is 1.87 bits per heavy atom. The molecule has 4 rings (SSSR count). The van der Waals surface area contributed by atoms with Crippen molar-refractivity contribution in [1.29, 1.82) is 0 Å². The summed E-state index contributed by atoms with van der Waals surface area (Å²) in [6.07, 6.45) is 2.32. The number of hydrogen-bond donors (Lipinski definition) is 2. The molecule has 3 aromatic rings. The van der Waals surface area contributed by atoms with Gasteiger partial charge in [-0.15, -0.1) is 0 Å². The van der Waals surface area contributed by atoms with E-state index in [1.54, 1.807) is 30.5 Å². The molecule has 0 fully saturated rings. The highest BCUT2D eigenvalue weighted by Crippen LogP contribution is 2.30. The molecule has 0 saturated carbocycles. The molecule has 31 heavy (non-hydrogen) atoms. The molecular weight excluding hydrogens is 416 g/mol. The maximum Gasteiger partial charge on any atom is 0.313 e. The van der Waals surface area contributed by atoms with Gasteiger partial charge in [0.15, 0.2) is 0 Å². The standard InChI is InChI=1S/C22H22N4O4S/c1-15-8-9-18(17-6-4-11-23-20(15)17)25-22(28)21(27)24-12-14-31(29,30)26-13-10-16-5-2-3-7-19(16)26/h2-9,11H,10,12-14H2,1H3,(H,24,27)(H,25,28). The number of rotatable bonds is 5. The van der Waals surface area contributed by atoms with Crippen molar-refractivity contribution in [2.75, 3.05) is 28.5 Å². The number of benzene rings is 2. The molecule has 1 aromatic heterocycles. The number of carbonyl (C=O) groups excluding carboxylic acids is 2. The maximum absolute atomic E-state index is 12.7. The molecule has 160 valence electrons. The van der Waals surface area contributed by atoms with Crippen molar-refractivity contribution in [2.24, 2.45) is 0 Å². The van der Waals surface area contributed by atoms with Gasteiger partial charge in [-0.25, -0.2) is 8.42 Å². The number of hydrogen-bond acceptors (Lipinski definition) is 5. The average Bonchev–Trinajstić information content (AvgIpc) is 3.21. The Balaban J connectivity index is 1.36. The van der Waals surface area contributed by atoms with Crippen LogP contribution in [0.4, 0.5) is 11.4 Å². The summed E-state index contributed by atoms with van der Waals surface area (Å²) >= 11 is 0. The van der Waals surface area contributed by atoms with Crippen LogP contribution in [0.1, 0.15) is 11.1 Å². The van der Waals surface area contributed by atoms with E-state index in [1.165, 1.54) is 4.31 Å². The largest absolute Gasteiger partial charge is 0.347 e. The summed E-state index contributed by atoms with van der Waals surface area (Å²) in [6.45, 7) is 2.13. The Morgan fingerprint density at radius 1 is 1.06 bits per heavy atom. The molecule has 0 atom stereocenters. The Bertz CT molecular complexity index is 1270. The number of nitrogens with one attached hydrogen (secondary N) is 2. The van der Waals surface area contributed by atoms with Crippen molar-refractivity contribution < 1.29 is 18.0 Å². The van der Waals surface area contributed by atoms with Gasteiger partial charge in [0.1, 0.15) is 0 Å². The molecule has 0 aliphatic carbocycles. The summed E-state index contributed by atoms with van der Waals surface area (Å²) < 4.78 is 26.7. The molecule has 2 heterocycles. The molecule has 1 aliphatic heterocycles. The second kappa shape index (κ2) is 8.35. The zero-order valence-corrected chi connectivity index (χ0v) is 17.8. The van der Waals surface area contributed by atoms with E-state index in [2.05, 4.69) is 15.6 Å². The van der Waals surface area contributed by atoms with E-state index in [0.717, 1.165) is 22.0 Å². The van der Waals surface area contributed by atoms with Crippen LogP contribution in [0.3, 0.4) is 0 Å². The van der Waals surface area contributed by atoms with Crippen LogP contribution in [-0.4, -0.2) is 44.1 Å². The number of amides is 2. The van der Waals surface area contributed by atoms with Gasteiger partial charge >= 0.3 is 11.8 Å². The number of para-hydroxylation sites is 1. The number of nitrogens with zero attached hydrogens (tertiary/aromatic N) is 2. The fourth-order valence-electron chi connectivity index (χ4n) is 3.68. The predicted molar refractivity (Wildman–Crippen MR) is 119 cm³/mol. The van der Waals surface area contributed by atoms with E-state index in [-0.39, 0.29) is 12.3 Å². The van der Waals surface area contributed by atoms with E-state index in [4.69, 9.17) is 0 Å². The van der Waals surface area contributed by atoms with Gasteiger partial charge in [-0.1, -0.05) is 24.3 Å². The zero-order valence-electron chi connectivity index (χ0n) is 17.0. The first kappa shape index (κ1) is 20.8. The van der Waals surface area contributed by atoms with Crippen molar-refractivity contribution in [3.63, 3.8) is 0 Å². The van der Waals surface area contributed by atoms with Crippen LogP contribution in [0.5, 0.6) is 0 Å². The van der Waals surface area contributed by atoms with Crippen LogP contribution >= 0.6 is 0 Å². The number of pyridine rings is 1. The first-order chi connectivity index (χ1) is 14.9. The first-order valence-electron chi connectivity index (χ1n) is 9.88. The van der Waals surface area contributed by atoms with E-state index in [1.807, 2.05) is 31.2 Å². The third-order valence-electron chi connectivity index (χ3n) is 5.25. The van der Waals surface area contributed by atoms with Gasteiger partial charge in [-0.3, -0.25) is 18.9 Å². The highest BCUT2D eigenvalue weighted by Gasteiger charge is 2.29. The molecule has 0 saturated heterocycles. The smallest absolute Gasteiger partial charge is 0.313 e. The maximum atomic E-state index is 12.7. The van der Waals surface area contributed by atoms with Crippen molar-refractivity contribution in [2.45, 2.75) is 13.3 Å². The van der Waals surface area contributed by atoms with E-state index >= 15 is 0 Å². The summed E-state index contributed by atoms with van der Waals surface area (Å²) in [5.41, 5.74) is 3.81. The molecule has 0 spiro atoms. The van der Waals surface area contributed by atoms with Crippen LogP contribution in [0.15, 0.2) is 54.7 Å². The van der Waals surface area contributed by atoms with Gasteiger partial charge in [0.05, 0.1) is 22.6 Å². The summed E-state index contributed by atoms with van der Waals surface area (Å²) in [5, 5.41) is 5.69. The van der Waals surface area contributed by atoms with Crippen LogP contribution in [0, 0.1) is 6.92 Å². The fraction of sp³-hybridized carbons (Fsp3) is 0.227. The normalized spacial score (nSPS) is 13.1. The number of anilines is 2. The predicted octanol–water partition coefficient (Wildman–Crippen LogP) is 1.99. The molecule has 2 amide bonds. The molecule has 0 bridgehead atoms. The lowest BCUT2D eigenvalue weighted by atomic mass is 10.1. The minimum absolute atomic E-state index is 0.163. The summed E-state index contributed by atoms with van der Waals surface area (Å²) in [4.78, 5) is 28.8.